The molecule has 6 nitrogen and oxygen atoms in total. The molecule has 66 valence electrons. The molecular formula is C7H6N4O2. The summed E-state index contributed by atoms with van der Waals surface area (Å²) in [5.41, 5.74) is 1.31. The standard InChI is InChI=1S/C7H6N4O2/c1-4-2-5(7(12)13)10-11-3-8-9-6(4)11/h2-3H,1H3,(H,12,13). The van der Waals surface area contributed by atoms with Crippen molar-refractivity contribution >= 4 is 11.6 Å². The average Bonchev–Trinajstić information content (AvgIpc) is 2.51. The monoisotopic (exact) mass is 178 g/mol. The second-order valence-corrected chi connectivity index (χ2v) is 2.62. The third-order valence-corrected chi connectivity index (χ3v) is 1.67. The molecule has 2 heterocycles. The summed E-state index contributed by atoms with van der Waals surface area (Å²) in [6, 6.07) is 1.46. The molecule has 2 rings (SSSR count). The molecule has 0 atom stereocenters. The summed E-state index contributed by atoms with van der Waals surface area (Å²) in [6.07, 6.45) is 1.37. The largest absolute Gasteiger partial charge is 0.476 e. The lowest BCUT2D eigenvalue weighted by atomic mass is 10.3. The molecule has 0 aliphatic heterocycles. The Morgan fingerprint density at radius 3 is 3.08 bits per heavy atom. The number of hydrogen-bond acceptors (Lipinski definition) is 4. The maximum Gasteiger partial charge on any atom is 0.356 e. The van der Waals surface area contributed by atoms with Crippen LogP contribution in [0.4, 0.5) is 0 Å². The predicted molar refractivity (Wildman–Crippen MR) is 42.5 cm³/mol. The summed E-state index contributed by atoms with van der Waals surface area (Å²) in [7, 11) is 0. The average molecular weight is 178 g/mol. The Hall–Kier alpha value is -1.98. The van der Waals surface area contributed by atoms with Gasteiger partial charge in [-0.2, -0.15) is 9.61 Å². The first-order valence-electron chi connectivity index (χ1n) is 3.59. The maximum atomic E-state index is 10.6. The number of rotatable bonds is 1. The second kappa shape index (κ2) is 2.51. The van der Waals surface area contributed by atoms with Crippen LogP contribution in [0.2, 0.25) is 0 Å². The number of hydrogen-bond donors (Lipinski definition) is 1. The summed E-state index contributed by atoms with van der Waals surface area (Å²) in [5.74, 6) is -1.06. The quantitative estimate of drug-likeness (QED) is 0.671. The minimum atomic E-state index is -1.06. The van der Waals surface area contributed by atoms with Crippen molar-refractivity contribution in [3.05, 3.63) is 23.7 Å². The summed E-state index contributed by atoms with van der Waals surface area (Å²) >= 11 is 0. The molecule has 0 saturated heterocycles. The van der Waals surface area contributed by atoms with E-state index in [1.807, 2.05) is 0 Å². The minimum Gasteiger partial charge on any atom is -0.476 e. The maximum absolute atomic E-state index is 10.6. The molecule has 13 heavy (non-hydrogen) atoms. The fraction of sp³-hybridized carbons (Fsp3) is 0.143. The Morgan fingerprint density at radius 1 is 1.62 bits per heavy atom. The first-order chi connectivity index (χ1) is 6.18. The summed E-state index contributed by atoms with van der Waals surface area (Å²) in [5, 5.41) is 19.9. The van der Waals surface area contributed by atoms with Crippen LogP contribution < -0.4 is 0 Å². The summed E-state index contributed by atoms with van der Waals surface area (Å²) in [6.45, 7) is 1.76. The number of fused-ring (bicyclic) bond motifs is 1. The number of nitrogens with zero attached hydrogens (tertiary/aromatic N) is 4. The van der Waals surface area contributed by atoms with E-state index in [0.29, 0.717) is 5.65 Å². The van der Waals surface area contributed by atoms with Crippen LogP contribution in [0.1, 0.15) is 16.1 Å². The fourth-order valence-corrected chi connectivity index (χ4v) is 1.08. The molecule has 0 aromatic carbocycles. The minimum absolute atomic E-state index is 0.00944. The third-order valence-electron chi connectivity index (χ3n) is 1.67. The Balaban J connectivity index is 2.77. The van der Waals surface area contributed by atoms with Gasteiger partial charge in [0.2, 0.25) is 0 Å². The number of aromatic nitrogens is 4. The Bertz CT molecular complexity index is 476. The molecule has 0 aliphatic carbocycles. The van der Waals surface area contributed by atoms with E-state index in [1.54, 1.807) is 6.92 Å². The van der Waals surface area contributed by atoms with Crippen molar-refractivity contribution in [3.63, 3.8) is 0 Å². The van der Waals surface area contributed by atoms with Crippen LogP contribution in [0.25, 0.3) is 5.65 Å². The van der Waals surface area contributed by atoms with E-state index in [4.69, 9.17) is 5.11 Å². The first-order valence-corrected chi connectivity index (χ1v) is 3.59. The lowest BCUT2D eigenvalue weighted by Crippen LogP contribution is -2.05. The van der Waals surface area contributed by atoms with Gasteiger partial charge in [-0.1, -0.05) is 0 Å². The summed E-state index contributed by atoms with van der Waals surface area (Å²) in [4.78, 5) is 10.6. The first kappa shape index (κ1) is 7.66. The van der Waals surface area contributed by atoms with Gasteiger partial charge in [0.1, 0.15) is 6.33 Å². The van der Waals surface area contributed by atoms with Gasteiger partial charge >= 0.3 is 5.97 Å². The van der Waals surface area contributed by atoms with Crippen molar-refractivity contribution < 1.29 is 9.90 Å². The van der Waals surface area contributed by atoms with Crippen LogP contribution >= 0.6 is 0 Å². The molecule has 6 heteroatoms. The topological polar surface area (TPSA) is 80.4 Å². The van der Waals surface area contributed by atoms with Crippen molar-refractivity contribution in [1.82, 2.24) is 19.8 Å². The highest BCUT2D eigenvalue weighted by Gasteiger charge is 2.09. The van der Waals surface area contributed by atoms with Crippen molar-refractivity contribution in [2.45, 2.75) is 6.92 Å². The molecule has 1 N–H and O–H groups in total. The van der Waals surface area contributed by atoms with E-state index in [-0.39, 0.29) is 5.69 Å². The normalized spacial score (nSPS) is 10.5. The number of aromatic carboxylic acids is 1. The Labute approximate surface area is 72.8 Å². The van der Waals surface area contributed by atoms with Crippen molar-refractivity contribution in [2.24, 2.45) is 0 Å². The molecule has 0 aliphatic rings. The Kier molecular flexibility index (Phi) is 1.48. The van der Waals surface area contributed by atoms with Gasteiger partial charge in [0.15, 0.2) is 11.3 Å². The van der Waals surface area contributed by atoms with Crippen molar-refractivity contribution in [3.8, 4) is 0 Å². The summed E-state index contributed by atoms with van der Waals surface area (Å²) < 4.78 is 1.35. The third kappa shape index (κ3) is 1.12. The molecule has 2 aromatic heterocycles. The molecule has 2 aromatic rings. The van der Waals surface area contributed by atoms with Gasteiger partial charge in [-0.05, 0) is 18.6 Å². The number of carbonyl (C=O) groups is 1. The van der Waals surface area contributed by atoms with Gasteiger partial charge < -0.3 is 5.11 Å². The van der Waals surface area contributed by atoms with Crippen LogP contribution in [0, 0.1) is 6.92 Å². The molecule has 0 fully saturated rings. The number of carboxylic acid groups (broad SMARTS) is 1. The number of carboxylic acids is 1. The highest BCUT2D eigenvalue weighted by atomic mass is 16.4. The van der Waals surface area contributed by atoms with Crippen LogP contribution in [-0.2, 0) is 0 Å². The Morgan fingerprint density at radius 2 is 2.38 bits per heavy atom. The van der Waals surface area contributed by atoms with E-state index in [1.165, 1.54) is 16.9 Å². The van der Waals surface area contributed by atoms with Crippen LogP contribution in [0.15, 0.2) is 12.4 Å². The van der Waals surface area contributed by atoms with E-state index < -0.39 is 5.97 Å². The van der Waals surface area contributed by atoms with Crippen LogP contribution in [0.3, 0.4) is 0 Å². The lowest BCUT2D eigenvalue weighted by Gasteiger charge is -1.97. The number of aryl methyl sites for hydroxylation is 1. The van der Waals surface area contributed by atoms with E-state index in [0.717, 1.165) is 5.56 Å². The molecule has 0 spiro atoms. The SMILES string of the molecule is Cc1cc(C(=O)O)nn2cnnc12. The fourth-order valence-electron chi connectivity index (χ4n) is 1.08. The zero-order valence-electron chi connectivity index (χ0n) is 6.80. The predicted octanol–water partition coefficient (Wildman–Crippen LogP) is 0.131. The zero-order valence-corrected chi connectivity index (χ0v) is 6.80. The molecular weight excluding hydrogens is 172 g/mol. The van der Waals surface area contributed by atoms with Gasteiger partial charge in [-0.25, -0.2) is 4.79 Å². The highest BCUT2D eigenvalue weighted by Crippen LogP contribution is 2.06. The van der Waals surface area contributed by atoms with Gasteiger partial charge in [0.25, 0.3) is 0 Å². The van der Waals surface area contributed by atoms with Crippen LogP contribution in [0.5, 0.6) is 0 Å². The zero-order chi connectivity index (χ0) is 9.42. The molecule has 0 saturated carbocycles. The van der Waals surface area contributed by atoms with Crippen molar-refractivity contribution in [2.75, 3.05) is 0 Å². The van der Waals surface area contributed by atoms with Gasteiger partial charge in [-0.3, -0.25) is 0 Å². The molecule has 0 radical (unpaired) electrons. The van der Waals surface area contributed by atoms with E-state index in [2.05, 4.69) is 15.3 Å². The molecule has 0 unspecified atom stereocenters. The van der Waals surface area contributed by atoms with Gasteiger partial charge in [0.05, 0.1) is 0 Å². The van der Waals surface area contributed by atoms with Crippen LogP contribution in [-0.4, -0.2) is 30.9 Å². The van der Waals surface area contributed by atoms with Crippen molar-refractivity contribution in [1.29, 1.82) is 0 Å². The molecule has 0 amide bonds. The smallest absolute Gasteiger partial charge is 0.356 e. The van der Waals surface area contributed by atoms with Gasteiger partial charge in [-0.15, -0.1) is 10.2 Å². The highest BCUT2D eigenvalue weighted by molar-refractivity contribution is 5.85. The van der Waals surface area contributed by atoms with E-state index in [9.17, 15) is 4.79 Å². The lowest BCUT2D eigenvalue weighted by molar-refractivity contribution is 0.0688. The van der Waals surface area contributed by atoms with E-state index >= 15 is 0 Å². The second-order valence-electron chi connectivity index (χ2n) is 2.62. The van der Waals surface area contributed by atoms with Gasteiger partial charge in [0, 0.05) is 0 Å². The molecule has 0 bridgehead atoms.